The molecule has 3 heteroatoms. The minimum atomic E-state index is 0.662. The standard InChI is InChI=1S/C16H17ClOS/c1-2-18-16(19)5-3-4-12-6-7-14-11-15(17)9-8-13(14)10-12/h6-11H,2-5H2,1H3. The summed E-state index contributed by atoms with van der Waals surface area (Å²) in [5.41, 5.74) is 1.33. The van der Waals surface area contributed by atoms with Crippen LogP contribution in [0.25, 0.3) is 10.8 Å². The molecule has 0 amide bonds. The first-order valence-corrected chi connectivity index (χ1v) is 7.31. The molecule has 2 aromatic rings. The molecule has 0 heterocycles. The van der Waals surface area contributed by atoms with Crippen LogP contribution in [-0.4, -0.2) is 11.7 Å². The zero-order valence-electron chi connectivity index (χ0n) is 11.0. The van der Waals surface area contributed by atoms with Crippen molar-refractivity contribution in [2.75, 3.05) is 6.61 Å². The fraction of sp³-hybridized carbons (Fsp3) is 0.312. The Morgan fingerprint density at radius 1 is 1.16 bits per heavy atom. The molecule has 0 atom stereocenters. The molecule has 1 nitrogen and oxygen atoms in total. The summed E-state index contributed by atoms with van der Waals surface area (Å²) < 4.78 is 5.28. The topological polar surface area (TPSA) is 9.23 Å². The predicted octanol–water partition coefficient (Wildman–Crippen LogP) is 5.18. The highest BCUT2D eigenvalue weighted by molar-refractivity contribution is 7.80. The van der Waals surface area contributed by atoms with Crippen molar-refractivity contribution in [3.8, 4) is 0 Å². The molecule has 0 radical (unpaired) electrons. The van der Waals surface area contributed by atoms with Crippen molar-refractivity contribution in [2.45, 2.75) is 26.2 Å². The van der Waals surface area contributed by atoms with Gasteiger partial charge in [-0.2, -0.15) is 0 Å². The van der Waals surface area contributed by atoms with Gasteiger partial charge < -0.3 is 4.74 Å². The maximum Gasteiger partial charge on any atom is 0.159 e. The number of thiocarbonyl (C=S) groups is 1. The number of fused-ring (bicyclic) bond motifs is 1. The van der Waals surface area contributed by atoms with Gasteiger partial charge in [-0.05, 0) is 60.5 Å². The quantitative estimate of drug-likeness (QED) is 0.702. The summed E-state index contributed by atoms with van der Waals surface area (Å²) in [5, 5.41) is 3.91. The van der Waals surface area contributed by atoms with Gasteiger partial charge in [0, 0.05) is 11.4 Å². The molecule has 2 aromatic carbocycles. The van der Waals surface area contributed by atoms with Crippen molar-refractivity contribution in [1.82, 2.24) is 0 Å². The lowest BCUT2D eigenvalue weighted by Gasteiger charge is -2.06. The number of hydrogen-bond acceptors (Lipinski definition) is 2. The molecule has 0 aliphatic heterocycles. The second kappa shape index (κ2) is 6.88. The minimum Gasteiger partial charge on any atom is -0.487 e. The van der Waals surface area contributed by atoms with E-state index in [1.165, 1.54) is 16.3 Å². The number of halogens is 1. The third-order valence-electron chi connectivity index (χ3n) is 3.02. The third-order valence-corrected chi connectivity index (χ3v) is 3.58. The van der Waals surface area contributed by atoms with E-state index in [2.05, 4.69) is 24.3 Å². The van der Waals surface area contributed by atoms with E-state index < -0.39 is 0 Å². The van der Waals surface area contributed by atoms with Gasteiger partial charge in [-0.25, -0.2) is 0 Å². The van der Waals surface area contributed by atoms with Gasteiger partial charge in [0.15, 0.2) is 5.05 Å². The van der Waals surface area contributed by atoms with Crippen molar-refractivity contribution < 1.29 is 4.74 Å². The molecule has 0 aliphatic rings. The Kier molecular flexibility index (Phi) is 5.17. The average molecular weight is 293 g/mol. The van der Waals surface area contributed by atoms with Crippen LogP contribution in [0.15, 0.2) is 36.4 Å². The number of ether oxygens (including phenoxy) is 1. The van der Waals surface area contributed by atoms with Gasteiger partial charge in [0.05, 0.1) is 6.61 Å². The lowest BCUT2D eigenvalue weighted by atomic mass is 10.0. The van der Waals surface area contributed by atoms with Crippen LogP contribution < -0.4 is 0 Å². The van der Waals surface area contributed by atoms with Crippen molar-refractivity contribution >= 4 is 39.6 Å². The Hall–Kier alpha value is -1.12. The van der Waals surface area contributed by atoms with E-state index in [4.69, 9.17) is 28.6 Å². The van der Waals surface area contributed by atoms with E-state index in [1.807, 2.05) is 19.1 Å². The molecular weight excluding hydrogens is 276 g/mol. The van der Waals surface area contributed by atoms with Gasteiger partial charge in [-0.1, -0.05) is 35.9 Å². The Balaban J connectivity index is 1.98. The van der Waals surface area contributed by atoms with Crippen LogP contribution in [0.3, 0.4) is 0 Å². The van der Waals surface area contributed by atoms with Gasteiger partial charge in [-0.15, -0.1) is 0 Å². The summed E-state index contributed by atoms with van der Waals surface area (Å²) in [5.74, 6) is 0. The smallest absolute Gasteiger partial charge is 0.159 e. The summed E-state index contributed by atoms with van der Waals surface area (Å²) in [4.78, 5) is 0. The monoisotopic (exact) mass is 292 g/mol. The molecular formula is C16H17ClOS. The first-order valence-electron chi connectivity index (χ1n) is 6.53. The van der Waals surface area contributed by atoms with Gasteiger partial charge in [0.1, 0.15) is 0 Å². The fourth-order valence-corrected chi connectivity index (χ4v) is 2.53. The van der Waals surface area contributed by atoms with E-state index in [1.54, 1.807) is 0 Å². The van der Waals surface area contributed by atoms with Crippen LogP contribution in [-0.2, 0) is 11.2 Å². The molecule has 0 aliphatic carbocycles. The van der Waals surface area contributed by atoms with Crippen molar-refractivity contribution in [2.24, 2.45) is 0 Å². The van der Waals surface area contributed by atoms with Gasteiger partial charge in [-0.3, -0.25) is 0 Å². The van der Waals surface area contributed by atoms with Gasteiger partial charge in [0.25, 0.3) is 0 Å². The van der Waals surface area contributed by atoms with Crippen LogP contribution in [0.1, 0.15) is 25.3 Å². The van der Waals surface area contributed by atoms with Crippen LogP contribution in [0.5, 0.6) is 0 Å². The highest BCUT2D eigenvalue weighted by atomic mass is 35.5. The summed E-state index contributed by atoms with van der Waals surface area (Å²) in [7, 11) is 0. The fourth-order valence-electron chi connectivity index (χ4n) is 2.09. The molecule has 100 valence electrons. The van der Waals surface area contributed by atoms with E-state index >= 15 is 0 Å². The highest BCUT2D eigenvalue weighted by Gasteiger charge is 2.00. The van der Waals surface area contributed by atoms with Crippen LogP contribution in [0.2, 0.25) is 5.02 Å². The molecule has 0 fully saturated rings. The lowest BCUT2D eigenvalue weighted by molar-refractivity contribution is 0.326. The number of hydrogen-bond donors (Lipinski definition) is 0. The van der Waals surface area contributed by atoms with E-state index in [-0.39, 0.29) is 0 Å². The molecule has 2 rings (SSSR count). The molecule has 0 spiro atoms. The summed E-state index contributed by atoms with van der Waals surface area (Å²) in [6.45, 7) is 2.62. The molecule has 0 bridgehead atoms. The van der Waals surface area contributed by atoms with Crippen molar-refractivity contribution in [3.05, 3.63) is 47.0 Å². The average Bonchev–Trinajstić information content (AvgIpc) is 2.39. The van der Waals surface area contributed by atoms with E-state index in [9.17, 15) is 0 Å². The van der Waals surface area contributed by atoms with Gasteiger partial charge >= 0.3 is 0 Å². The number of aryl methyl sites for hydroxylation is 1. The van der Waals surface area contributed by atoms with Crippen LogP contribution in [0.4, 0.5) is 0 Å². The van der Waals surface area contributed by atoms with Crippen LogP contribution in [0, 0.1) is 0 Å². The molecule has 19 heavy (non-hydrogen) atoms. The highest BCUT2D eigenvalue weighted by Crippen LogP contribution is 2.21. The zero-order chi connectivity index (χ0) is 13.7. The molecule has 0 saturated heterocycles. The van der Waals surface area contributed by atoms with Crippen molar-refractivity contribution in [3.63, 3.8) is 0 Å². The Labute approximate surface area is 124 Å². The summed E-state index contributed by atoms with van der Waals surface area (Å²) >= 11 is 11.1. The first-order chi connectivity index (χ1) is 9.19. The van der Waals surface area contributed by atoms with E-state index in [0.29, 0.717) is 6.61 Å². The van der Waals surface area contributed by atoms with Crippen LogP contribution >= 0.6 is 23.8 Å². The lowest BCUT2D eigenvalue weighted by Crippen LogP contribution is -2.01. The second-order valence-electron chi connectivity index (χ2n) is 4.48. The third kappa shape index (κ3) is 4.19. The SMILES string of the molecule is CCOC(=S)CCCc1ccc2cc(Cl)ccc2c1. The van der Waals surface area contributed by atoms with E-state index in [0.717, 1.165) is 29.3 Å². The largest absolute Gasteiger partial charge is 0.487 e. The Morgan fingerprint density at radius 2 is 1.89 bits per heavy atom. The first kappa shape index (κ1) is 14.3. The van der Waals surface area contributed by atoms with Crippen molar-refractivity contribution in [1.29, 1.82) is 0 Å². The molecule has 0 unspecified atom stereocenters. The molecule has 0 aromatic heterocycles. The second-order valence-corrected chi connectivity index (χ2v) is 5.38. The Morgan fingerprint density at radius 3 is 2.68 bits per heavy atom. The maximum atomic E-state index is 5.98. The molecule has 0 saturated carbocycles. The Bertz CT molecular complexity index is 580. The zero-order valence-corrected chi connectivity index (χ0v) is 12.6. The molecule has 0 N–H and O–H groups in total. The van der Waals surface area contributed by atoms with Gasteiger partial charge in [0.2, 0.25) is 0 Å². The number of benzene rings is 2. The minimum absolute atomic E-state index is 0.662. The maximum absolute atomic E-state index is 5.98. The normalized spacial score (nSPS) is 10.6. The summed E-state index contributed by atoms with van der Waals surface area (Å²) in [6.07, 6.45) is 2.89. The number of rotatable bonds is 5. The predicted molar refractivity (Wildman–Crippen MR) is 86.1 cm³/mol. The summed E-state index contributed by atoms with van der Waals surface area (Å²) in [6, 6.07) is 12.5.